The molecule has 1 aromatic rings. The van der Waals surface area contributed by atoms with E-state index in [0.29, 0.717) is 12.3 Å². The van der Waals surface area contributed by atoms with E-state index in [1.54, 1.807) is 0 Å². The molecule has 0 fully saturated rings. The Morgan fingerprint density at radius 1 is 1.41 bits per heavy atom. The molecule has 92 valence electrons. The van der Waals surface area contributed by atoms with E-state index in [-0.39, 0.29) is 6.61 Å². The van der Waals surface area contributed by atoms with Gasteiger partial charge >= 0.3 is 0 Å². The first-order valence-corrected chi connectivity index (χ1v) is 6.12. The number of aryl methyl sites for hydroxylation is 1. The van der Waals surface area contributed by atoms with Crippen molar-refractivity contribution in [2.75, 3.05) is 6.61 Å². The van der Waals surface area contributed by atoms with E-state index in [1.165, 1.54) is 5.56 Å². The number of aliphatic hydroxyl groups is 2. The van der Waals surface area contributed by atoms with Crippen LogP contribution in [0.25, 0.3) is 5.57 Å². The van der Waals surface area contributed by atoms with Gasteiger partial charge in [-0.3, -0.25) is 0 Å². The molecule has 1 aliphatic carbocycles. The van der Waals surface area contributed by atoms with Crippen LogP contribution < -0.4 is 0 Å². The first-order chi connectivity index (χ1) is 7.96. The lowest BCUT2D eigenvalue weighted by atomic mass is 9.96. The Kier molecular flexibility index (Phi) is 3.11. The van der Waals surface area contributed by atoms with Gasteiger partial charge < -0.3 is 10.2 Å². The fourth-order valence-electron chi connectivity index (χ4n) is 2.53. The van der Waals surface area contributed by atoms with Crippen molar-refractivity contribution in [2.24, 2.45) is 5.92 Å². The molecular weight excluding hydrogens is 212 g/mol. The summed E-state index contributed by atoms with van der Waals surface area (Å²) >= 11 is 0. The number of hydrogen-bond acceptors (Lipinski definition) is 2. The second kappa shape index (κ2) is 4.28. The molecule has 1 unspecified atom stereocenters. The van der Waals surface area contributed by atoms with Crippen LogP contribution in [-0.2, 0) is 5.60 Å². The fourth-order valence-corrected chi connectivity index (χ4v) is 2.53. The predicted octanol–water partition coefficient (Wildman–Crippen LogP) is 2.62. The third-order valence-corrected chi connectivity index (χ3v) is 3.30. The molecule has 0 aliphatic heterocycles. The molecule has 17 heavy (non-hydrogen) atoms. The lowest BCUT2D eigenvalue weighted by Crippen LogP contribution is -2.26. The summed E-state index contributed by atoms with van der Waals surface area (Å²) in [4.78, 5) is 0. The van der Waals surface area contributed by atoms with Gasteiger partial charge in [-0.25, -0.2) is 0 Å². The Bertz CT molecular complexity index is 460. The summed E-state index contributed by atoms with van der Waals surface area (Å²) in [5.74, 6) is 0.444. The summed E-state index contributed by atoms with van der Waals surface area (Å²) in [7, 11) is 0. The van der Waals surface area contributed by atoms with Gasteiger partial charge in [-0.15, -0.1) is 0 Å². The van der Waals surface area contributed by atoms with Gasteiger partial charge in [0.1, 0.15) is 5.60 Å². The topological polar surface area (TPSA) is 40.5 Å². The van der Waals surface area contributed by atoms with E-state index in [0.717, 1.165) is 16.7 Å². The Hall–Kier alpha value is -1.12. The van der Waals surface area contributed by atoms with Crippen molar-refractivity contribution < 1.29 is 10.2 Å². The molecule has 1 aromatic carbocycles. The van der Waals surface area contributed by atoms with E-state index in [2.05, 4.69) is 26.0 Å². The highest BCUT2D eigenvalue weighted by Crippen LogP contribution is 2.44. The third-order valence-electron chi connectivity index (χ3n) is 3.30. The summed E-state index contributed by atoms with van der Waals surface area (Å²) in [5.41, 5.74) is 3.19. The van der Waals surface area contributed by atoms with Crippen LogP contribution in [0.5, 0.6) is 0 Å². The van der Waals surface area contributed by atoms with Gasteiger partial charge in [-0.2, -0.15) is 0 Å². The standard InChI is InChI=1S/C15H20O2/c1-10(2)6-12-8-15(17,9-16)14-5-4-11(3)7-13(12)14/h4-7,10,16-17H,8-9H2,1-3H3. The molecule has 2 rings (SSSR count). The van der Waals surface area contributed by atoms with Crippen LogP contribution >= 0.6 is 0 Å². The maximum atomic E-state index is 10.4. The molecule has 0 saturated heterocycles. The van der Waals surface area contributed by atoms with Crippen LogP contribution in [0.1, 0.15) is 37.0 Å². The monoisotopic (exact) mass is 232 g/mol. The number of benzene rings is 1. The molecule has 0 saturated carbocycles. The highest BCUT2D eigenvalue weighted by Gasteiger charge is 2.38. The van der Waals surface area contributed by atoms with Crippen LogP contribution in [0, 0.1) is 12.8 Å². The number of allylic oxidation sites excluding steroid dienone is 1. The third kappa shape index (κ3) is 2.15. The minimum absolute atomic E-state index is 0.224. The largest absolute Gasteiger partial charge is 0.393 e. The van der Waals surface area contributed by atoms with Gasteiger partial charge in [0.2, 0.25) is 0 Å². The van der Waals surface area contributed by atoms with Crippen molar-refractivity contribution in [3.63, 3.8) is 0 Å². The summed E-state index contributed by atoms with van der Waals surface area (Å²) < 4.78 is 0. The molecule has 0 heterocycles. The Balaban J connectivity index is 2.56. The summed E-state index contributed by atoms with van der Waals surface area (Å²) in [6.07, 6.45) is 2.69. The van der Waals surface area contributed by atoms with E-state index in [9.17, 15) is 10.2 Å². The molecule has 1 aliphatic rings. The molecule has 0 aromatic heterocycles. The average Bonchev–Trinajstić information content (AvgIpc) is 2.52. The van der Waals surface area contributed by atoms with E-state index < -0.39 is 5.60 Å². The summed E-state index contributed by atoms with van der Waals surface area (Å²) in [6, 6.07) is 6.01. The average molecular weight is 232 g/mol. The Labute approximate surface area is 103 Å². The molecule has 0 amide bonds. The zero-order valence-electron chi connectivity index (χ0n) is 10.7. The molecule has 0 spiro atoms. The molecule has 2 N–H and O–H groups in total. The summed E-state index contributed by atoms with van der Waals surface area (Å²) in [6.45, 7) is 6.07. The number of hydrogen-bond donors (Lipinski definition) is 2. The molecular formula is C15H20O2. The number of aliphatic hydroxyl groups excluding tert-OH is 1. The molecule has 2 nitrogen and oxygen atoms in total. The van der Waals surface area contributed by atoms with Crippen LogP contribution in [-0.4, -0.2) is 16.8 Å². The van der Waals surface area contributed by atoms with Gasteiger partial charge in [0.15, 0.2) is 0 Å². The molecule has 0 bridgehead atoms. The zero-order valence-corrected chi connectivity index (χ0v) is 10.7. The zero-order chi connectivity index (χ0) is 12.6. The first kappa shape index (κ1) is 12.3. The second-order valence-corrected chi connectivity index (χ2v) is 5.35. The van der Waals surface area contributed by atoms with E-state index in [1.807, 2.05) is 19.1 Å². The van der Waals surface area contributed by atoms with Gasteiger partial charge in [0, 0.05) is 6.42 Å². The van der Waals surface area contributed by atoms with Crippen molar-refractivity contribution in [3.05, 3.63) is 41.0 Å². The number of fused-ring (bicyclic) bond motifs is 1. The molecule has 0 radical (unpaired) electrons. The van der Waals surface area contributed by atoms with Crippen LogP contribution in [0.2, 0.25) is 0 Å². The highest BCUT2D eigenvalue weighted by molar-refractivity contribution is 5.75. The van der Waals surface area contributed by atoms with Crippen molar-refractivity contribution in [1.82, 2.24) is 0 Å². The fraction of sp³-hybridized carbons (Fsp3) is 0.467. The minimum Gasteiger partial charge on any atom is -0.393 e. The quantitative estimate of drug-likeness (QED) is 0.823. The normalized spacial score (nSPS) is 25.6. The van der Waals surface area contributed by atoms with E-state index in [4.69, 9.17) is 0 Å². The maximum absolute atomic E-state index is 10.4. The van der Waals surface area contributed by atoms with Crippen LogP contribution in [0.4, 0.5) is 0 Å². The molecule has 1 atom stereocenters. The Morgan fingerprint density at radius 2 is 2.12 bits per heavy atom. The lowest BCUT2D eigenvalue weighted by Gasteiger charge is -2.20. The van der Waals surface area contributed by atoms with Gasteiger partial charge in [0.05, 0.1) is 6.61 Å². The predicted molar refractivity (Wildman–Crippen MR) is 69.6 cm³/mol. The molecule has 2 heteroatoms. The summed E-state index contributed by atoms with van der Waals surface area (Å²) in [5, 5.41) is 19.9. The lowest BCUT2D eigenvalue weighted by molar-refractivity contribution is -0.00987. The highest BCUT2D eigenvalue weighted by atomic mass is 16.3. The van der Waals surface area contributed by atoms with Gasteiger partial charge in [-0.05, 0) is 29.5 Å². The van der Waals surface area contributed by atoms with Gasteiger partial charge in [-0.1, -0.05) is 43.7 Å². The SMILES string of the molecule is Cc1ccc2c(c1)C(=CC(C)C)CC2(O)CO. The van der Waals surface area contributed by atoms with Gasteiger partial charge in [0.25, 0.3) is 0 Å². The van der Waals surface area contributed by atoms with Crippen molar-refractivity contribution >= 4 is 5.57 Å². The maximum Gasteiger partial charge on any atom is 0.117 e. The minimum atomic E-state index is -1.09. The number of rotatable bonds is 2. The van der Waals surface area contributed by atoms with Crippen molar-refractivity contribution in [3.8, 4) is 0 Å². The van der Waals surface area contributed by atoms with Crippen molar-refractivity contribution in [1.29, 1.82) is 0 Å². The van der Waals surface area contributed by atoms with Crippen LogP contribution in [0.3, 0.4) is 0 Å². The smallest absolute Gasteiger partial charge is 0.117 e. The second-order valence-electron chi connectivity index (χ2n) is 5.35. The van der Waals surface area contributed by atoms with Crippen molar-refractivity contribution in [2.45, 2.75) is 32.8 Å². The van der Waals surface area contributed by atoms with E-state index >= 15 is 0 Å². The first-order valence-electron chi connectivity index (χ1n) is 6.12. The van der Waals surface area contributed by atoms with Crippen LogP contribution in [0.15, 0.2) is 24.3 Å². The Morgan fingerprint density at radius 3 is 2.71 bits per heavy atom.